The van der Waals surface area contributed by atoms with Gasteiger partial charge in [0.2, 0.25) is 5.75 Å². The van der Waals surface area contributed by atoms with Crippen LogP contribution in [0.3, 0.4) is 0 Å². The normalized spacial score (nSPS) is 11.9. The van der Waals surface area contributed by atoms with E-state index in [9.17, 15) is 4.79 Å². The predicted molar refractivity (Wildman–Crippen MR) is 74.3 cm³/mol. The molecule has 0 saturated heterocycles. The highest BCUT2D eigenvalue weighted by atomic mass is 16.5. The molecule has 19 heavy (non-hydrogen) atoms. The lowest BCUT2D eigenvalue weighted by Gasteiger charge is -2.16. The van der Waals surface area contributed by atoms with Crippen molar-refractivity contribution in [1.82, 2.24) is 9.97 Å². The molecule has 0 saturated carbocycles. The Morgan fingerprint density at radius 3 is 2.95 bits per heavy atom. The Bertz CT molecular complexity index is 624. The third kappa shape index (κ3) is 2.85. The number of hydrogen-bond acceptors (Lipinski definition) is 5. The molecule has 6 nitrogen and oxygen atoms in total. The fraction of sp³-hybridized carbons (Fsp3) is 0.231. The van der Waals surface area contributed by atoms with Crippen molar-refractivity contribution in [3.8, 4) is 5.75 Å². The Morgan fingerprint density at radius 1 is 1.47 bits per heavy atom. The van der Waals surface area contributed by atoms with E-state index >= 15 is 0 Å². The first-order chi connectivity index (χ1) is 9.11. The number of benzene rings is 1. The van der Waals surface area contributed by atoms with Gasteiger partial charge < -0.3 is 20.8 Å². The molecule has 1 atom stereocenters. The van der Waals surface area contributed by atoms with E-state index in [4.69, 9.17) is 10.5 Å². The zero-order valence-corrected chi connectivity index (χ0v) is 10.8. The summed E-state index contributed by atoms with van der Waals surface area (Å²) in [6, 6.07) is 7.48. The second-order valence-electron chi connectivity index (χ2n) is 4.15. The molecule has 0 spiro atoms. The Kier molecular flexibility index (Phi) is 3.70. The zero-order valence-electron chi connectivity index (χ0n) is 10.8. The summed E-state index contributed by atoms with van der Waals surface area (Å²) < 4.78 is 5.04. The second-order valence-corrected chi connectivity index (χ2v) is 4.15. The van der Waals surface area contributed by atoms with Gasteiger partial charge in [-0.2, -0.15) is 0 Å². The maximum Gasteiger partial charge on any atom is 0.295 e. The molecule has 0 radical (unpaired) electrons. The molecule has 0 aliphatic carbocycles. The van der Waals surface area contributed by atoms with Gasteiger partial charge in [-0.25, -0.2) is 4.98 Å². The van der Waals surface area contributed by atoms with Crippen LogP contribution >= 0.6 is 0 Å². The van der Waals surface area contributed by atoms with Crippen LogP contribution in [-0.4, -0.2) is 17.1 Å². The van der Waals surface area contributed by atoms with Crippen LogP contribution in [0.4, 0.5) is 11.5 Å². The first-order valence-corrected chi connectivity index (χ1v) is 5.85. The van der Waals surface area contributed by atoms with Crippen LogP contribution in [0.25, 0.3) is 0 Å². The van der Waals surface area contributed by atoms with Gasteiger partial charge in [-0.05, 0) is 24.6 Å². The quantitative estimate of drug-likeness (QED) is 0.725. The van der Waals surface area contributed by atoms with Gasteiger partial charge in [0.25, 0.3) is 5.56 Å². The molecular weight excluding hydrogens is 244 g/mol. The maximum atomic E-state index is 11.6. The van der Waals surface area contributed by atoms with Gasteiger partial charge in [0.1, 0.15) is 0 Å². The molecule has 4 N–H and O–H groups in total. The third-order valence-corrected chi connectivity index (χ3v) is 2.78. The van der Waals surface area contributed by atoms with Gasteiger partial charge >= 0.3 is 0 Å². The topological polar surface area (TPSA) is 93.0 Å². The van der Waals surface area contributed by atoms with Crippen LogP contribution in [0.5, 0.6) is 5.75 Å². The van der Waals surface area contributed by atoms with E-state index < -0.39 is 0 Å². The molecule has 2 aromatic rings. The van der Waals surface area contributed by atoms with Crippen molar-refractivity contribution in [2.45, 2.75) is 13.0 Å². The minimum Gasteiger partial charge on any atom is -0.489 e. The lowest BCUT2D eigenvalue weighted by Crippen LogP contribution is -2.16. The molecule has 0 amide bonds. The van der Waals surface area contributed by atoms with Crippen LogP contribution < -0.4 is 21.3 Å². The number of aromatic nitrogens is 2. The number of rotatable bonds is 4. The van der Waals surface area contributed by atoms with E-state index in [2.05, 4.69) is 15.3 Å². The van der Waals surface area contributed by atoms with Gasteiger partial charge in [-0.3, -0.25) is 4.79 Å². The van der Waals surface area contributed by atoms with Crippen molar-refractivity contribution >= 4 is 11.5 Å². The maximum absolute atomic E-state index is 11.6. The van der Waals surface area contributed by atoms with Gasteiger partial charge in [0.05, 0.1) is 19.5 Å². The van der Waals surface area contributed by atoms with Crippen LogP contribution in [0.1, 0.15) is 18.5 Å². The van der Waals surface area contributed by atoms with Gasteiger partial charge in [-0.1, -0.05) is 12.1 Å². The lowest BCUT2D eigenvalue weighted by molar-refractivity contribution is 0.407. The number of anilines is 2. The van der Waals surface area contributed by atoms with Crippen LogP contribution in [0.2, 0.25) is 0 Å². The van der Waals surface area contributed by atoms with Crippen molar-refractivity contribution < 1.29 is 4.74 Å². The number of hydrogen-bond donors (Lipinski definition) is 3. The van der Waals surface area contributed by atoms with Gasteiger partial charge in [0, 0.05) is 5.69 Å². The molecule has 100 valence electrons. The Hall–Kier alpha value is -2.50. The molecule has 0 fully saturated rings. The van der Waals surface area contributed by atoms with Crippen molar-refractivity contribution in [3.05, 3.63) is 46.5 Å². The van der Waals surface area contributed by atoms with Crippen molar-refractivity contribution in [3.63, 3.8) is 0 Å². The average molecular weight is 260 g/mol. The molecule has 1 unspecified atom stereocenters. The number of nitrogens with zero attached hydrogens (tertiary/aromatic N) is 1. The fourth-order valence-electron chi connectivity index (χ4n) is 1.80. The van der Waals surface area contributed by atoms with Crippen LogP contribution in [-0.2, 0) is 0 Å². The van der Waals surface area contributed by atoms with Crippen molar-refractivity contribution in [2.24, 2.45) is 0 Å². The summed E-state index contributed by atoms with van der Waals surface area (Å²) in [7, 11) is 1.43. The lowest BCUT2D eigenvalue weighted by atomic mass is 10.1. The molecule has 0 aliphatic rings. The largest absolute Gasteiger partial charge is 0.489 e. The smallest absolute Gasteiger partial charge is 0.295 e. The summed E-state index contributed by atoms with van der Waals surface area (Å²) in [6.45, 7) is 1.96. The number of nitrogens with two attached hydrogens (primary N) is 1. The Morgan fingerprint density at radius 2 is 2.26 bits per heavy atom. The summed E-state index contributed by atoms with van der Waals surface area (Å²) in [5.41, 5.74) is 7.12. The number of aromatic amines is 1. The van der Waals surface area contributed by atoms with E-state index in [1.165, 1.54) is 13.4 Å². The molecule has 0 bridgehead atoms. The minimum atomic E-state index is -0.320. The van der Waals surface area contributed by atoms with Gasteiger partial charge in [0.15, 0.2) is 5.82 Å². The monoisotopic (exact) mass is 260 g/mol. The third-order valence-electron chi connectivity index (χ3n) is 2.78. The SMILES string of the molecule is COc1c(NC(C)c2cccc(N)c2)nc[nH]c1=O. The summed E-state index contributed by atoms with van der Waals surface area (Å²) in [4.78, 5) is 18.1. The van der Waals surface area contributed by atoms with Crippen LogP contribution in [0.15, 0.2) is 35.4 Å². The second kappa shape index (κ2) is 5.43. The van der Waals surface area contributed by atoms with Crippen molar-refractivity contribution in [2.75, 3.05) is 18.2 Å². The molecule has 2 rings (SSSR count). The summed E-state index contributed by atoms with van der Waals surface area (Å²) >= 11 is 0. The number of ether oxygens (including phenoxy) is 1. The molecule has 6 heteroatoms. The highest BCUT2D eigenvalue weighted by Gasteiger charge is 2.12. The molecule has 1 heterocycles. The number of H-pyrrole nitrogens is 1. The number of nitrogens with one attached hydrogen (secondary N) is 2. The van der Waals surface area contributed by atoms with E-state index in [0.717, 1.165) is 5.56 Å². The fourth-order valence-corrected chi connectivity index (χ4v) is 1.80. The Labute approximate surface area is 110 Å². The number of nitrogen functional groups attached to an aromatic ring is 1. The minimum absolute atomic E-state index is 0.0494. The summed E-state index contributed by atoms with van der Waals surface area (Å²) in [5, 5.41) is 3.13. The number of methoxy groups -OCH3 is 1. The molecular formula is C13H16N4O2. The highest BCUT2D eigenvalue weighted by molar-refractivity contribution is 5.50. The zero-order chi connectivity index (χ0) is 13.8. The molecule has 1 aromatic carbocycles. The molecule has 1 aromatic heterocycles. The standard InChI is InChI=1S/C13H16N4O2/c1-8(9-4-3-5-10(14)6-9)17-12-11(19-2)13(18)16-7-15-12/h3-8H,14H2,1-2H3,(H2,15,16,17,18). The average Bonchev–Trinajstić information content (AvgIpc) is 2.39. The first kappa shape index (κ1) is 12.9. The van der Waals surface area contributed by atoms with Gasteiger partial charge in [-0.15, -0.1) is 0 Å². The highest BCUT2D eigenvalue weighted by Crippen LogP contribution is 2.23. The van der Waals surface area contributed by atoms with E-state index in [1.54, 1.807) is 0 Å². The van der Waals surface area contributed by atoms with E-state index in [-0.39, 0.29) is 17.4 Å². The predicted octanol–water partition coefficient (Wildman–Crippen LogP) is 1.53. The first-order valence-electron chi connectivity index (χ1n) is 5.85. The van der Waals surface area contributed by atoms with E-state index in [1.807, 2.05) is 31.2 Å². The molecule has 0 aliphatic heterocycles. The summed E-state index contributed by atoms with van der Waals surface area (Å²) in [6.07, 6.45) is 1.33. The van der Waals surface area contributed by atoms with Crippen LogP contribution in [0, 0.1) is 0 Å². The summed E-state index contributed by atoms with van der Waals surface area (Å²) in [5.74, 6) is 0.569. The Balaban J connectivity index is 2.26. The van der Waals surface area contributed by atoms with Crippen molar-refractivity contribution in [1.29, 1.82) is 0 Å². The van der Waals surface area contributed by atoms with E-state index in [0.29, 0.717) is 11.5 Å².